The van der Waals surface area contributed by atoms with E-state index in [-0.39, 0.29) is 5.11 Å². The van der Waals surface area contributed by atoms with Gasteiger partial charge in [0.25, 0.3) is 0 Å². The monoisotopic (exact) mass is 347 g/mol. The van der Waals surface area contributed by atoms with E-state index in [2.05, 4.69) is 50.7 Å². The topological polar surface area (TPSA) is 50.4 Å². The molecule has 2 rings (SSSR count). The second-order valence-corrected chi connectivity index (χ2v) is 5.61. The third-order valence-electron chi connectivity index (χ3n) is 2.81. The Balaban J connectivity index is 2.19. The second-order valence-electron chi connectivity index (χ2n) is 4.26. The molecule has 2 aromatic carbocycles. The SMILES string of the molecule is C/C(=N/NC(N)=S)c1ccc(-c2ccc(Br)cc2)cc1. The maximum absolute atomic E-state index is 5.34. The average Bonchev–Trinajstić information content (AvgIpc) is 2.46. The number of rotatable bonds is 3. The van der Waals surface area contributed by atoms with Crippen LogP contribution in [0, 0.1) is 0 Å². The van der Waals surface area contributed by atoms with Crippen LogP contribution in [-0.2, 0) is 0 Å². The van der Waals surface area contributed by atoms with Gasteiger partial charge in [0.1, 0.15) is 0 Å². The largest absolute Gasteiger partial charge is 0.375 e. The summed E-state index contributed by atoms with van der Waals surface area (Å²) in [5.74, 6) is 0. The van der Waals surface area contributed by atoms with Crippen LogP contribution >= 0.6 is 28.1 Å². The number of hydrogen-bond donors (Lipinski definition) is 2. The quantitative estimate of drug-likeness (QED) is 0.506. The highest BCUT2D eigenvalue weighted by atomic mass is 79.9. The highest BCUT2D eigenvalue weighted by Gasteiger charge is 2.00. The Morgan fingerprint density at radius 1 is 1.05 bits per heavy atom. The van der Waals surface area contributed by atoms with Crippen molar-refractivity contribution in [3.63, 3.8) is 0 Å². The van der Waals surface area contributed by atoms with E-state index in [9.17, 15) is 0 Å². The van der Waals surface area contributed by atoms with Crippen molar-refractivity contribution in [2.24, 2.45) is 10.8 Å². The van der Waals surface area contributed by atoms with E-state index in [1.165, 1.54) is 5.56 Å². The predicted octanol–water partition coefficient (Wildman–Crippen LogP) is 3.67. The van der Waals surface area contributed by atoms with Crippen molar-refractivity contribution in [2.45, 2.75) is 6.92 Å². The van der Waals surface area contributed by atoms with Crippen LogP contribution in [0.2, 0.25) is 0 Å². The molecular formula is C15H14BrN3S. The lowest BCUT2D eigenvalue weighted by molar-refractivity contribution is 1.03. The van der Waals surface area contributed by atoms with Crippen molar-refractivity contribution in [1.82, 2.24) is 5.43 Å². The summed E-state index contributed by atoms with van der Waals surface area (Å²) in [6.45, 7) is 1.90. The smallest absolute Gasteiger partial charge is 0.184 e. The second kappa shape index (κ2) is 6.63. The molecule has 0 aromatic heterocycles. The summed E-state index contributed by atoms with van der Waals surface area (Å²) in [5, 5.41) is 4.26. The molecule has 0 fully saturated rings. The molecule has 0 aliphatic rings. The minimum Gasteiger partial charge on any atom is -0.375 e. The fourth-order valence-electron chi connectivity index (χ4n) is 1.75. The first-order valence-electron chi connectivity index (χ1n) is 6.02. The van der Waals surface area contributed by atoms with E-state index in [1.807, 2.05) is 31.2 Å². The summed E-state index contributed by atoms with van der Waals surface area (Å²) in [5.41, 5.74) is 12.1. The molecule has 0 saturated heterocycles. The highest BCUT2D eigenvalue weighted by Crippen LogP contribution is 2.22. The molecule has 0 saturated carbocycles. The molecule has 0 atom stereocenters. The third kappa shape index (κ3) is 3.88. The molecule has 102 valence electrons. The van der Waals surface area contributed by atoms with Crippen LogP contribution in [0.1, 0.15) is 12.5 Å². The summed E-state index contributed by atoms with van der Waals surface area (Å²) < 4.78 is 1.07. The molecule has 0 unspecified atom stereocenters. The maximum atomic E-state index is 5.34. The van der Waals surface area contributed by atoms with Crippen LogP contribution in [0.5, 0.6) is 0 Å². The third-order valence-corrected chi connectivity index (χ3v) is 3.43. The summed E-state index contributed by atoms with van der Waals surface area (Å²) in [4.78, 5) is 0. The number of nitrogens with one attached hydrogen (secondary N) is 1. The molecule has 0 amide bonds. The Labute approximate surface area is 132 Å². The van der Waals surface area contributed by atoms with Gasteiger partial charge in [-0.15, -0.1) is 0 Å². The van der Waals surface area contributed by atoms with Crippen LogP contribution in [0.3, 0.4) is 0 Å². The van der Waals surface area contributed by atoms with Crippen molar-refractivity contribution in [1.29, 1.82) is 0 Å². The van der Waals surface area contributed by atoms with Gasteiger partial charge in [0, 0.05) is 4.47 Å². The number of thiocarbonyl (C=S) groups is 1. The van der Waals surface area contributed by atoms with Crippen molar-refractivity contribution in [3.05, 3.63) is 58.6 Å². The standard InChI is InChI=1S/C15H14BrN3S/c1-10(18-19-15(17)20)11-2-4-12(5-3-11)13-6-8-14(16)9-7-13/h2-9H,1H3,(H3,17,19,20)/b18-10-. The molecule has 20 heavy (non-hydrogen) atoms. The Hall–Kier alpha value is -1.72. The number of halogens is 1. The van der Waals surface area contributed by atoms with Gasteiger partial charge in [0.15, 0.2) is 5.11 Å². The van der Waals surface area contributed by atoms with Gasteiger partial charge in [-0.2, -0.15) is 5.10 Å². The predicted molar refractivity (Wildman–Crippen MR) is 91.7 cm³/mol. The molecule has 3 nitrogen and oxygen atoms in total. The summed E-state index contributed by atoms with van der Waals surface area (Å²) >= 11 is 8.15. The van der Waals surface area contributed by atoms with E-state index < -0.39 is 0 Å². The summed E-state index contributed by atoms with van der Waals surface area (Å²) in [6.07, 6.45) is 0. The van der Waals surface area contributed by atoms with E-state index in [1.54, 1.807) is 0 Å². The van der Waals surface area contributed by atoms with Crippen molar-refractivity contribution >= 4 is 39.0 Å². The molecule has 5 heteroatoms. The fourth-order valence-corrected chi connectivity index (χ4v) is 2.06. The van der Waals surface area contributed by atoms with E-state index in [0.717, 1.165) is 21.3 Å². The molecular weight excluding hydrogens is 334 g/mol. The number of nitrogens with two attached hydrogens (primary N) is 1. The fraction of sp³-hybridized carbons (Fsp3) is 0.0667. The van der Waals surface area contributed by atoms with Gasteiger partial charge in [-0.25, -0.2) is 0 Å². The molecule has 3 N–H and O–H groups in total. The van der Waals surface area contributed by atoms with Crippen LogP contribution in [0.25, 0.3) is 11.1 Å². The number of hydrogen-bond acceptors (Lipinski definition) is 2. The molecule has 0 radical (unpaired) electrons. The minimum atomic E-state index is 0.163. The molecule has 0 aliphatic carbocycles. The first-order valence-corrected chi connectivity index (χ1v) is 7.22. The number of nitrogens with zero attached hydrogens (tertiary/aromatic N) is 1. The first-order chi connectivity index (χ1) is 9.56. The van der Waals surface area contributed by atoms with Gasteiger partial charge in [0.05, 0.1) is 5.71 Å². The zero-order valence-electron chi connectivity index (χ0n) is 10.9. The van der Waals surface area contributed by atoms with Gasteiger partial charge in [-0.3, -0.25) is 5.43 Å². The lowest BCUT2D eigenvalue weighted by Crippen LogP contribution is -2.25. The molecule has 0 bridgehead atoms. The minimum absolute atomic E-state index is 0.163. The van der Waals surface area contributed by atoms with E-state index >= 15 is 0 Å². The molecule has 0 spiro atoms. The molecule has 2 aromatic rings. The highest BCUT2D eigenvalue weighted by molar-refractivity contribution is 9.10. The number of benzene rings is 2. The van der Waals surface area contributed by atoms with Crippen molar-refractivity contribution in [3.8, 4) is 11.1 Å². The Morgan fingerprint density at radius 2 is 1.55 bits per heavy atom. The van der Waals surface area contributed by atoms with Gasteiger partial charge in [-0.1, -0.05) is 52.3 Å². The molecule has 0 aliphatic heterocycles. The van der Waals surface area contributed by atoms with Gasteiger partial charge < -0.3 is 5.73 Å². The van der Waals surface area contributed by atoms with Gasteiger partial charge >= 0.3 is 0 Å². The maximum Gasteiger partial charge on any atom is 0.184 e. The molecule has 0 heterocycles. The summed E-state index contributed by atoms with van der Waals surface area (Å²) in [6, 6.07) is 16.4. The average molecular weight is 348 g/mol. The van der Waals surface area contributed by atoms with Crippen LogP contribution in [0.4, 0.5) is 0 Å². The first kappa shape index (κ1) is 14.7. The van der Waals surface area contributed by atoms with Crippen LogP contribution in [-0.4, -0.2) is 10.8 Å². The van der Waals surface area contributed by atoms with Crippen LogP contribution in [0.15, 0.2) is 58.1 Å². The van der Waals surface area contributed by atoms with Crippen molar-refractivity contribution < 1.29 is 0 Å². The Morgan fingerprint density at radius 3 is 2.05 bits per heavy atom. The van der Waals surface area contributed by atoms with Crippen molar-refractivity contribution in [2.75, 3.05) is 0 Å². The summed E-state index contributed by atoms with van der Waals surface area (Å²) in [7, 11) is 0. The zero-order chi connectivity index (χ0) is 14.5. The van der Waals surface area contributed by atoms with Gasteiger partial charge in [-0.05, 0) is 48.0 Å². The normalized spacial score (nSPS) is 11.2. The Bertz CT molecular complexity index is 633. The zero-order valence-corrected chi connectivity index (χ0v) is 13.3. The van der Waals surface area contributed by atoms with Gasteiger partial charge in [0.2, 0.25) is 0 Å². The Kier molecular flexibility index (Phi) is 4.87. The van der Waals surface area contributed by atoms with E-state index in [4.69, 9.17) is 18.0 Å². The lowest BCUT2D eigenvalue weighted by Gasteiger charge is -2.05. The van der Waals surface area contributed by atoms with Crippen LogP contribution < -0.4 is 11.2 Å². The lowest BCUT2D eigenvalue weighted by atomic mass is 10.0. The number of hydrazone groups is 1. The van der Waals surface area contributed by atoms with E-state index in [0.29, 0.717) is 0 Å².